The minimum Gasteiger partial charge on any atom is -0.508 e. The molecule has 15 heavy (non-hydrogen) atoms. The number of hydrogen-bond acceptors (Lipinski definition) is 3. The fourth-order valence-electron chi connectivity index (χ4n) is 0.999. The number of rotatable bonds is 3. The molecule has 0 heterocycles. The molecule has 3 nitrogen and oxygen atoms in total. The average molecular weight is 210 g/mol. The Balaban J connectivity index is 0.000000921. The third-order valence-corrected chi connectivity index (χ3v) is 1.83. The second kappa shape index (κ2) is 7.01. The van der Waals surface area contributed by atoms with Crippen LogP contribution in [0.2, 0.25) is 0 Å². The zero-order chi connectivity index (χ0) is 11.8. The number of carbonyl (C=O) groups is 1. The largest absolute Gasteiger partial charge is 0.508 e. The summed E-state index contributed by atoms with van der Waals surface area (Å²) in [5.74, 6) is -0.0610. The van der Waals surface area contributed by atoms with Crippen molar-refractivity contribution in [3.8, 4) is 5.75 Å². The van der Waals surface area contributed by atoms with Gasteiger partial charge in [-0.1, -0.05) is 26.0 Å². The lowest BCUT2D eigenvalue weighted by molar-refractivity contribution is -0.124. The van der Waals surface area contributed by atoms with E-state index in [4.69, 9.17) is 5.11 Å². The summed E-state index contributed by atoms with van der Waals surface area (Å²) in [5, 5.41) is 18.2. The fraction of sp³-hybridized carbons (Fsp3) is 0.417. The number of Topliss-reactive ketones (excluding diaryl/α,β-unsaturated/α-hetero) is 1. The highest BCUT2D eigenvalue weighted by atomic mass is 16.3. The van der Waals surface area contributed by atoms with Crippen molar-refractivity contribution in [2.75, 3.05) is 0 Å². The van der Waals surface area contributed by atoms with Gasteiger partial charge >= 0.3 is 0 Å². The first-order valence-electron chi connectivity index (χ1n) is 5.06. The molecule has 1 rings (SSSR count). The Morgan fingerprint density at radius 3 is 2.13 bits per heavy atom. The molecule has 0 aromatic heterocycles. The monoisotopic (exact) mass is 210 g/mol. The molecular formula is C12H18O3. The zero-order valence-electron chi connectivity index (χ0n) is 9.40. The molecule has 1 atom stereocenters. The zero-order valence-corrected chi connectivity index (χ0v) is 9.40. The van der Waals surface area contributed by atoms with Crippen molar-refractivity contribution in [3.63, 3.8) is 0 Å². The van der Waals surface area contributed by atoms with Crippen LogP contribution in [0.4, 0.5) is 0 Å². The molecule has 0 spiro atoms. The summed E-state index contributed by atoms with van der Waals surface area (Å²) in [4.78, 5) is 10.7. The first kappa shape index (κ1) is 13.7. The molecule has 1 unspecified atom stereocenters. The molecule has 0 saturated carbocycles. The lowest BCUT2D eigenvalue weighted by atomic mass is 10.1. The van der Waals surface area contributed by atoms with E-state index in [9.17, 15) is 9.90 Å². The number of aromatic hydroxyl groups is 1. The molecule has 2 N–H and O–H groups in total. The number of hydrogen-bond donors (Lipinski definition) is 2. The predicted octanol–water partition coefficient (Wildman–Crippen LogP) is 1.91. The molecule has 0 bridgehead atoms. The molecule has 84 valence electrons. The predicted molar refractivity (Wildman–Crippen MR) is 59.8 cm³/mol. The van der Waals surface area contributed by atoms with Crippen LogP contribution < -0.4 is 0 Å². The molecule has 0 amide bonds. The molecule has 0 saturated heterocycles. The van der Waals surface area contributed by atoms with Gasteiger partial charge in [-0.3, -0.25) is 4.79 Å². The van der Waals surface area contributed by atoms with Crippen molar-refractivity contribution in [1.29, 1.82) is 0 Å². The van der Waals surface area contributed by atoms with Crippen LogP contribution in [0.5, 0.6) is 5.75 Å². The number of phenolic OH excluding ortho intramolecular Hbond substituents is 1. The lowest BCUT2D eigenvalue weighted by Crippen LogP contribution is -2.19. The average Bonchev–Trinajstić information content (AvgIpc) is 2.24. The molecule has 3 heteroatoms. The van der Waals surface area contributed by atoms with E-state index in [1.807, 2.05) is 13.8 Å². The lowest BCUT2D eigenvalue weighted by Gasteiger charge is -2.06. The summed E-state index contributed by atoms with van der Waals surface area (Å²) in [5.41, 5.74) is 0.834. The summed E-state index contributed by atoms with van der Waals surface area (Å²) in [6.45, 7) is 5.35. The van der Waals surface area contributed by atoms with E-state index in [1.54, 1.807) is 12.1 Å². The maximum atomic E-state index is 10.7. The van der Waals surface area contributed by atoms with Crippen LogP contribution in [0.1, 0.15) is 26.3 Å². The first-order chi connectivity index (χ1) is 7.09. The van der Waals surface area contributed by atoms with Gasteiger partial charge in [-0.05, 0) is 24.6 Å². The summed E-state index contributed by atoms with van der Waals surface area (Å²) < 4.78 is 0. The summed E-state index contributed by atoms with van der Waals surface area (Å²) in [7, 11) is 0. The van der Waals surface area contributed by atoms with Crippen molar-refractivity contribution in [1.82, 2.24) is 0 Å². The maximum Gasteiger partial charge on any atom is 0.158 e. The minimum absolute atomic E-state index is 0.182. The van der Waals surface area contributed by atoms with Crippen LogP contribution in [-0.4, -0.2) is 22.1 Å². The SMILES string of the molecule is CC.CC(=O)C(O)Cc1ccc(O)cc1. The molecule has 1 aromatic carbocycles. The van der Waals surface area contributed by atoms with Gasteiger partial charge in [0.1, 0.15) is 11.9 Å². The highest BCUT2D eigenvalue weighted by molar-refractivity contribution is 5.80. The van der Waals surface area contributed by atoms with E-state index >= 15 is 0 Å². The Morgan fingerprint density at radius 1 is 1.27 bits per heavy atom. The minimum atomic E-state index is -0.940. The Labute approximate surface area is 90.4 Å². The first-order valence-corrected chi connectivity index (χ1v) is 5.06. The van der Waals surface area contributed by atoms with E-state index in [2.05, 4.69) is 0 Å². The molecule has 1 aromatic rings. The Bertz CT molecular complexity index is 290. The van der Waals surface area contributed by atoms with Gasteiger partial charge in [-0.25, -0.2) is 0 Å². The normalized spacial score (nSPS) is 11.2. The van der Waals surface area contributed by atoms with Gasteiger partial charge in [0, 0.05) is 6.42 Å². The Hall–Kier alpha value is -1.35. The number of aliphatic hydroxyl groups excluding tert-OH is 1. The van der Waals surface area contributed by atoms with E-state index in [0.717, 1.165) is 5.56 Å². The maximum absolute atomic E-state index is 10.7. The summed E-state index contributed by atoms with van der Waals surface area (Å²) in [6.07, 6.45) is -0.639. The molecule has 0 aliphatic heterocycles. The third-order valence-electron chi connectivity index (χ3n) is 1.83. The van der Waals surface area contributed by atoms with Crippen molar-refractivity contribution >= 4 is 5.78 Å². The molecule has 0 radical (unpaired) electrons. The van der Waals surface area contributed by atoms with Crippen LogP contribution >= 0.6 is 0 Å². The summed E-state index contributed by atoms with van der Waals surface area (Å²) in [6, 6.07) is 6.42. The van der Waals surface area contributed by atoms with Crippen LogP contribution in [0.3, 0.4) is 0 Å². The van der Waals surface area contributed by atoms with Crippen LogP contribution in [0.15, 0.2) is 24.3 Å². The Morgan fingerprint density at radius 2 is 1.73 bits per heavy atom. The van der Waals surface area contributed by atoms with Crippen molar-refractivity contribution in [2.24, 2.45) is 0 Å². The van der Waals surface area contributed by atoms with E-state index < -0.39 is 6.10 Å². The van der Waals surface area contributed by atoms with Gasteiger partial charge in [-0.15, -0.1) is 0 Å². The van der Waals surface area contributed by atoms with Gasteiger partial charge in [0.05, 0.1) is 0 Å². The number of carbonyl (C=O) groups excluding carboxylic acids is 1. The van der Waals surface area contributed by atoms with Crippen molar-refractivity contribution < 1.29 is 15.0 Å². The highest BCUT2D eigenvalue weighted by Gasteiger charge is 2.09. The van der Waals surface area contributed by atoms with E-state index in [0.29, 0.717) is 6.42 Å². The number of phenols is 1. The number of aliphatic hydroxyl groups is 1. The molecule has 0 aliphatic rings. The smallest absolute Gasteiger partial charge is 0.158 e. The van der Waals surface area contributed by atoms with Gasteiger partial charge < -0.3 is 10.2 Å². The van der Waals surface area contributed by atoms with Gasteiger partial charge in [0.2, 0.25) is 0 Å². The van der Waals surface area contributed by atoms with Crippen LogP contribution in [0, 0.1) is 0 Å². The van der Waals surface area contributed by atoms with Crippen LogP contribution in [-0.2, 0) is 11.2 Å². The molecular weight excluding hydrogens is 192 g/mol. The molecule has 0 aliphatic carbocycles. The Kier molecular flexibility index (Phi) is 6.38. The van der Waals surface area contributed by atoms with Gasteiger partial charge in [-0.2, -0.15) is 0 Å². The topological polar surface area (TPSA) is 57.5 Å². The number of benzene rings is 1. The molecule has 0 fully saturated rings. The fourth-order valence-corrected chi connectivity index (χ4v) is 0.999. The highest BCUT2D eigenvalue weighted by Crippen LogP contribution is 2.11. The van der Waals surface area contributed by atoms with E-state index in [-0.39, 0.29) is 11.5 Å². The van der Waals surface area contributed by atoms with Crippen molar-refractivity contribution in [2.45, 2.75) is 33.3 Å². The number of ketones is 1. The van der Waals surface area contributed by atoms with Crippen molar-refractivity contribution in [3.05, 3.63) is 29.8 Å². The van der Waals surface area contributed by atoms with E-state index in [1.165, 1.54) is 19.1 Å². The summed E-state index contributed by atoms with van der Waals surface area (Å²) >= 11 is 0. The standard InChI is InChI=1S/C10H12O3.C2H6/c1-7(11)10(13)6-8-2-4-9(12)5-3-8;1-2/h2-5,10,12-13H,6H2,1H3;1-2H3. The van der Waals surface area contributed by atoms with Gasteiger partial charge in [0.25, 0.3) is 0 Å². The van der Waals surface area contributed by atoms with Crippen LogP contribution in [0.25, 0.3) is 0 Å². The second-order valence-corrected chi connectivity index (χ2v) is 3.00. The third kappa shape index (κ3) is 5.18. The second-order valence-electron chi connectivity index (χ2n) is 3.00. The quantitative estimate of drug-likeness (QED) is 0.801. The van der Waals surface area contributed by atoms with Gasteiger partial charge in [0.15, 0.2) is 5.78 Å².